The topological polar surface area (TPSA) is 47.3 Å². The van der Waals surface area contributed by atoms with Crippen molar-refractivity contribution in [3.8, 4) is 5.75 Å². The van der Waals surface area contributed by atoms with E-state index in [1.54, 1.807) is 7.11 Å². The minimum atomic E-state index is 0.721. The van der Waals surface area contributed by atoms with Gasteiger partial charge in [0.05, 0.1) is 7.11 Å². The maximum Gasteiger partial charge on any atom is 0.118 e. The fourth-order valence-corrected chi connectivity index (χ4v) is 1.60. The van der Waals surface area contributed by atoms with Gasteiger partial charge in [0, 0.05) is 13.1 Å². The fraction of sp³-hybridized carbons (Fsp3) is 0.538. The van der Waals surface area contributed by atoms with Crippen molar-refractivity contribution in [2.24, 2.45) is 5.73 Å². The van der Waals surface area contributed by atoms with Crippen LogP contribution in [0.1, 0.15) is 18.4 Å². The molecule has 0 atom stereocenters. The third-order valence-corrected chi connectivity index (χ3v) is 2.55. The van der Waals surface area contributed by atoms with Crippen LogP contribution in [0.25, 0.3) is 0 Å². The van der Waals surface area contributed by atoms with Crippen LogP contribution in [0.3, 0.4) is 0 Å². The quantitative estimate of drug-likeness (QED) is 0.656. The van der Waals surface area contributed by atoms with Crippen molar-refractivity contribution in [3.05, 3.63) is 29.8 Å². The molecule has 0 bridgehead atoms. The molecule has 0 aliphatic rings. The lowest BCUT2D eigenvalue weighted by atomic mass is 10.1. The van der Waals surface area contributed by atoms with Gasteiger partial charge in [0.2, 0.25) is 0 Å². The summed E-state index contributed by atoms with van der Waals surface area (Å²) in [5.74, 6) is 0.924. The molecule has 0 spiro atoms. The molecule has 16 heavy (non-hydrogen) atoms. The molecule has 0 heterocycles. The third kappa shape index (κ3) is 5.14. The fourth-order valence-electron chi connectivity index (χ4n) is 1.60. The van der Waals surface area contributed by atoms with Gasteiger partial charge in [0.15, 0.2) is 0 Å². The van der Waals surface area contributed by atoms with Gasteiger partial charge >= 0.3 is 0 Å². The van der Waals surface area contributed by atoms with E-state index in [0.29, 0.717) is 0 Å². The number of ether oxygens (including phenoxy) is 1. The predicted molar refractivity (Wildman–Crippen MR) is 67.9 cm³/mol. The van der Waals surface area contributed by atoms with E-state index in [0.717, 1.165) is 31.8 Å². The van der Waals surface area contributed by atoms with Gasteiger partial charge in [-0.3, -0.25) is 0 Å². The average Bonchev–Trinajstić information content (AvgIpc) is 2.34. The molecule has 0 aliphatic carbocycles. The Morgan fingerprint density at radius 1 is 1.12 bits per heavy atom. The number of aryl methyl sites for hydroxylation is 1. The minimum absolute atomic E-state index is 0.721. The summed E-state index contributed by atoms with van der Waals surface area (Å²) in [4.78, 5) is 0. The van der Waals surface area contributed by atoms with Crippen LogP contribution in [0.2, 0.25) is 0 Å². The minimum Gasteiger partial charge on any atom is -0.497 e. The lowest BCUT2D eigenvalue weighted by molar-refractivity contribution is 0.414. The maximum absolute atomic E-state index is 5.39. The molecule has 1 aromatic rings. The van der Waals surface area contributed by atoms with Crippen molar-refractivity contribution in [2.45, 2.75) is 19.3 Å². The smallest absolute Gasteiger partial charge is 0.118 e. The third-order valence-electron chi connectivity index (χ3n) is 2.55. The molecule has 0 saturated carbocycles. The van der Waals surface area contributed by atoms with Crippen molar-refractivity contribution in [1.29, 1.82) is 0 Å². The van der Waals surface area contributed by atoms with E-state index >= 15 is 0 Å². The number of methoxy groups -OCH3 is 1. The lowest BCUT2D eigenvalue weighted by Crippen LogP contribution is -2.23. The molecule has 1 aromatic carbocycles. The van der Waals surface area contributed by atoms with E-state index in [2.05, 4.69) is 17.4 Å². The van der Waals surface area contributed by atoms with E-state index < -0.39 is 0 Å². The van der Waals surface area contributed by atoms with Crippen molar-refractivity contribution >= 4 is 0 Å². The molecule has 0 amide bonds. The summed E-state index contributed by atoms with van der Waals surface area (Å²) in [6.07, 6.45) is 3.55. The highest BCUT2D eigenvalue weighted by atomic mass is 16.5. The summed E-state index contributed by atoms with van der Waals surface area (Å²) in [7, 11) is 1.69. The highest BCUT2D eigenvalue weighted by molar-refractivity contribution is 5.27. The molecule has 0 aromatic heterocycles. The zero-order valence-corrected chi connectivity index (χ0v) is 10.0. The largest absolute Gasteiger partial charge is 0.497 e. The molecular formula is C13H22N2O. The normalized spacial score (nSPS) is 10.4. The summed E-state index contributed by atoms with van der Waals surface area (Å²) in [5.41, 5.74) is 6.76. The number of hydrogen-bond acceptors (Lipinski definition) is 3. The van der Waals surface area contributed by atoms with Crippen LogP contribution in [0.4, 0.5) is 0 Å². The van der Waals surface area contributed by atoms with E-state index in [1.165, 1.54) is 18.4 Å². The predicted octanol–water partition coefficient (Wildman–Crippen LogP) is 1.57. The molecule has 0 fully saturated rings. The summed E-state index contributed by atoms with van der Waals surface area (Å²) in [6, 6.07) is 8.29. The Balaban J connectivity index is 2.12. The van der Waals surface area contributed by atoms with Crippen LogP contribution in [0.5, 0.6) is 5.75 Å². The molecule has 3 N–H and O–H groups in total. The summed E-state index contributed by atoms with van der Waals surface area (Å²) < 4.78 is 5.12. The van der Waals surface area contributed by atoms with Crippen LogP contribution in [0, 0.1) is 0 Å². The van der Waals surface area contributed by atoms with Gasteiger partial charge in [0.1, 0.15) is 5.75 Å². The van der Waals surface area contributed by atoms with Crippen LogP contribution >= 0.6 is 0 Å². The first kappa shape index (κ1) is 13.0. The van der Waals surface area contributed by atoms with Crippen LogP contribution in [-0.2, 0) is 6.42 Å². The summed E-state index contributed by atoms with van der Waals surface area (Å²) >= 11 is 0. The Labute approximate surface area is 98.0 Å². The standard InChI is InChI=1S/C13H22N2O/c1-16-13-7-5-12(6-8-13)4-2-3-10-15-11-9-14/h5-8,15H,2-4,9-11,14H2,1H3. The molecule has 0 saturated heterocycles. The molecule has 0 unspecified atom stereocenters. The number of benzene rings is 1. The zero-order chi connectivity index (χ0) is 11.6. The van der Waals surface area contributed by atoms with Gasteiger partial charge in [-0.25, -0.2) is 0 Å². The molecule has 3 heteroatoms. The highest BCUT2D eigenvalue weighted by Gasteiger charge is 1.94. The van der Waals surface area contributed by atoms with E-state index in [9.17, 15) is 0 Å². The van der Waals surface area contributed by atoms with E-state index in [4.69, 9.17) is 10.5 Å². The first-order valence-corrected chi connectivity index (χ1v) is 5.90. The van der Waals surface area contributed by atoms with Crippen LogP contribution in [-0.4, -0.2) is 26.7 Å². The first-order valence-electron chi connectivity index (χ1n) is 5.90. The van der Waals surface area contributed by atoms with E-state index in [1.807, 2.05) is 12.1 Å². The highest BCUT2D eigenvalue weighted by Crippen LogP contribution is 2.12. The molecular weight excluding hydrogens is 200 g/mol. The van der Waals surface area contributed by atoms with Gasteiger partial charge in [-0.2, -0.15) is 0 Å². The SMILES string of the molecule is COc1ccc(CCCCNCCN)cc1. The molecule has 90 valence electrons. The van der Waals surface area contributed by atoms with Crippen LogP contribution < -0.4 is 15.8 Å². The molecule has 0 radical (unpaired) electrons. The van der Waals surface area contributed by atoms with Gasteiger partial charge in [-0.1, -0.05) is 12.1 Å². The Kier molecular flexibility index (Phi) is 6.61. The van der Waals surface area contributed by atoms with Gasteiger partial charge in [0.25, 0.3) is 0 Å². The summed E-state index contributed by atoms with van der Waals surface area (Å²) in [6.45, 7) is 2.70. The van der Waals surface area contributed by atoms with Crippen molar-refractivity contribution in [3.63, 3.8) is 0 Å². The van der Waals surface area contributed by atoms with E-state index in [-0.39, 0.29) is 0 Å². The maximum atomic E-state index is 5.39. The Morgan fingerprint density at radius 3 is 2.50 bits per heavy atom. The van der Waals surface area contributed by atoms with Gasteiger partial charge in [-0.15, -0.1) is 0 Å². The molecule has 3 nitrogen and oxygen atoms in total. The monoisotopic (exact) mass is 222 g/mol. The number of hydrogen-bond donors (Lipinski definition) is 2. The van der Waals surface area contributed by atoms with Gasteiger partial charge < -0.3 is 15.8 Å². The lowest BCUT2D eigenvalue weighted by Gasteiger charge is -2.04. The molecule has 1 rings (SSSR count). The number of nitrogens with one attached hydrogen (secondary N) is 1. The van der Waals surface area contributed by atoms with Gasteiger partial charge in [-0.05, 0) is 43.5 Å². The second-order valence-electron chi connectivity index (χ2n) is 3.84. The first-order chi connectivity index (χ1) is 7.86. The van der Waals surface area contributed by atoms with Crippen molar-refractivity contribution < 1.29 is 4.74 Å². The Bertz CT molecular complexity index is 272. The number of rotatable bonds is 8. The number of unbranched alkanes of at least 4 members (excludes halogenated alkanes) is 1. The molecule has 0 aliphatic heterocycles. The van der Waals surface area contributed by atoms with Crippen molar-refractivity contribution in [1.82, 2.24) is 5.32 Å². The Morgan fingerprint density at radius 2 is 1.88 bits per heavy atom. The summed E-state index contributed by atoms with van der Waals surface area (Å²) in [5, 5.41) is 3.29. The average molecular weight is 222 g/mol. The van der Waals surface area contributed by atoms with Crippen molar-refractivity contribution in [2.75, 3.05) is 26.7 Å². The Hall–Kier alpha value is -1.06. The zero-order valence-electron chi connectivity index (χ0n) is 10.0. The number of nitrogens with two attached hydrogens (primary N) is 1. The second kappa shape index (κ2) is 8.13. The second-order valence-corrected chi connectivity index (χ2v) is 3.84. The van der Waals surface area contributed by atoms with Crippen LogP contribution in [0.15, 0.2) is 24.3 Å².